The number of primary amides is 1. The normalized spacial score (nSPS) is 28.0. The Morgan fingerprint density at radius 3 is 2.56 bits per heavy atom. The van der Waals surface area contributed by atoms with Crippen LogP contribution in [0.4, 0.5) is 0 Å². The summed E-state index contributed by atoms with van der Waals surface area (Å²) in [6.45, 7) is 0.269. The van der Waals surface area contributed by atoms with Crippen molar-refractivity contribution in [1.82, 2.24) is 15.7 Å². The second-order valence-corrected chi connectivity index (χ2v) is 10.3. The van der Waals surface area contributed by atoms with Crippen LogP contribution in [-0.2, 0) is 37.0 Å². The third-order valence-corrected chi connectivity index (χ3v) is 7.98. The molecule has 0 radical (unpaired) electrons. The van der Waals surface area contributed by atoms with Crippen molar-refractivity contribution in [2.24, 2.45) is 17.6 Å². The molecular weight excluding hydrogens is 512 g/mol. The molecule has 206 valence electrons. The Balaban J connectivity index is 1.59. The SMILES string of the molecule is CN(C)[C@@H]1C(=O)C(C(N)=O)=C(O)[C@@]2(O)C(=O)C3=C(O)c4c(O)ccc(CNC(=O)C5=CONC5)c4C[C@H]3C[C@@H]12. The first kappa shape index (κ1) is 26.4. The van der Waals surface area contributed by atoms with Gasteiger partial charge in [-0.1, -0.05) is 6.07 Å². The number of hydroxylamine groups is 1. The van der Waals surface area contributed by atoms with Gasteiger partial charge in [0.05, 0.1) is 23.7 Å². The largest absolute Gasteiger partial charge is 0.508 e. The highest BCUT2D eigenvalue weighted by molar-refractivity contribution is 6.24. The first-order valence-electron chi connectivity index (χ1n) is 12.2. The zero-order chi connectivity index (χ0) is 28.4. The number of ketones is 2. The molecule has 13 heteroatoms. The highest BCUT2D eigenvalue weighted by atomic mass is 16.6. The van der Waals surface area contributed by atoms with Gasteiger partial charge in [-0.15, -0.1) is 0 Å². The number of nitrogens with two attached hydrogens (primary N) is 1. The van der Waals surface area contributed by atoms with E-state index < -0.39 is 58.0 Å². The van der Waals surface area contributed by atoms with E-state index in [1.54, 1.807) is 6.07 Å². The lowest BCUT2D eigenvalue weighted by Gasteiger charge is -2.50. The standard InChI is InChI=1S/C26H28N4O9/c1-30(2)19-14-6-11-5-13-10(7-28-25(37)12-8-29-39-9-12)3-4-15(31)17(13)20(32)16(11)22(34)26(14,38)23(35)18(21(19)33)24(27)36/h3-4,9,11,14,19,29,31-32,35,38H,5-8H2,1-2H3,(H2,27,36)(H,28,37)/t11-,14-,19-,26-/m0/s1. The van der Waals surface area contributed by atoms with Crippen LogP contribution in [0.3, 0.4) is 0 Å². The van der Waals surface area contributed by atoms with Crippen molar-refractivity contribution in [2.75, 3.05) is 20.6 Å². The molecule has 0 aromatic heterocycles. The fraction of sp³-hybridized carbons (Fsp3) is 0.385. The predicted molar refractivity (Wildman–Crippen MR) is 133 cm³/mol. The highest BCUT2D eigenvalue weighted by Crippen LogP contribution is 2.52. The van der Waals surface area contributed by atoms with Gasteiger partial charge in [0.25, 0.3) is 11.8 Å². The number of likely N-dealkylation sites (N-methyl/N-ethyl adjacent to an activating group) is 1. The van der Waals surface area contributed by atoms with Crippen LogP contribution < -0.4 is 16.5 Å². The summed E-state index contributed by atoms with van der Waals surface area (Å²) in [6.07, 6.45) is 1.39. The number of aromatic hydroxyl groups is 1. The van der Waals surface area contributed by atoms with Gasteiger partial charge < -0.3 is 36.3 Å². The molecule has 0 unspecified atom stereocenters. The molecule has 4 atom stereocenters. The van der Waals surface area contributed by atoms with Crippen molar-refractivity contribution in [3.63, 3.8) is 0 Å². The number of nitrogens with zero attached hydrogens (tertiary/aromatic N) is 1. The van der Waals surface area contributed by atoms with E-state index in [1.165, 1.54) is 31.3 Å². The first-order chi connectivity index (χ1) is 18.4. The fourth-order valence-corrected chi connectivity index (χ4v) is 6.17. The van der Waals surface area contributed by atoms with Crippen molar-refractivity contribution in [1.29, 1.82) is 0 Å². The number of fused-ring (bicyclic) bond motifs is 3. The number of hydrogen-bond acceptors (Lipinski definition) is 11. The van der Waals surface area contributed by atoms with E-state index in [-0.39, 0.29) is 48.7 Å². The second kappa shape index (κ2) is 9.22. The number of Topliss-reactive ketones (excluding diaryl/α,β-unsaturated/α-hetero) is 2. The number of phenolic OH excluding ortho intramolecular Hbond substituents is 1. The molecule has 0 bridgehead atoms. The Bertz CT molecular complexity index is 1430. The van der Waals surface area contributed by atoms with Crippen LogP contribution in [0, 0.1) is 11.8 Å². The average Bonchev–Trinajstić information content (AvgIpc) is 3.40. The number of aliphatic hydroxyl groups is 3. The number of rotatable bonds is 5. The fourth-order valence-electron chi connectivity index (χ4n) is 6.17. The summed E-state index contributed by atoms with van der Waals surface area (Å²) in [4.78, 5) is 57.8. The molecule has 4 aliphatic rings. The smallest absolute Gasteiger partial charge is 0.255 e. The Labute approximate surface area is 222 Å². The maximum atomic E-state index is 13.8. The Morgan fingerprint density at radius 1 is 1.23 bits per heavy atom. The van der Waals surface area contributed by atoms with E-state index in [4.69, 9.17) is 10.6 Å². The maximum Gasteiger partial charge on any atom is 0.255 e. The van der Waals surface area contributed by atoms with Crippen LogP contribution in [-0.4, -0.2) is 81.0 Å². The van der Waals surface area contributed by atoms with Gasteiger partial charge in [-0.2, -0.15) is 5.48 Å². The topological polar surface area (TPSA) is 212 Å². The van der Waals surface area contributed by atoms with Gasteiger partial charge in [-0.25, -0.2) is 0 Å². The summed E-state index contributed by atoms with van der Waals surface area (Å²) < 4.78 is 0. The molecule has 0 spiro atoms. The number of carbonyl (C=O) groups is 4. The molecule has 1 aromatic rings. The number of phenols is 1. The minimum atomic E-state index is -2.70. The lowest BCUT2D eigenvalue weighted by molar-refractivity contribution is -0.153. The third-order valence-electron chi connectivity index (χ3n) is 7.98. The van der Waals surface area contributed by atoms with Gasteiger partial charge in [-0.05, 0) is 50.0 Å². The molecule has 1 aliphatic heterocycles. The number of amides is 2. The molecule has 0 saturated heterocycles. The zero-order valence-electron chi connectivity index (χ0n) is 21.1. The van der Waals surface area contributed by atoms with Crippen LogP contribution in [0.5, 0.6) is 5.75 Å². The highest BCUT2D eigenvalue weighted by Gasteiger charge is 2.64. The monoisotopic (exact) mass is 540 g/mol. The van der Waals surface area contributed by atoms with Crippen LogP contribution in [0.2, 0.25) is 0 Å². The van der Waals surface area contributed by atoms with Gasteiger partial charge in [0.15, 0.2) is 11.4 Å². The molecule has 1 heterocycles. The first-order valence-corrected chi connectivity index (χ1v) is 12.2. The second-order valence-electron chi connectivity index (χ2n) is 10.3. The molecule has 1 fully saturated rings. The molecule has 2 amide bonds. The van der Waals surface area contributed by atoms with E-state index in [0.29, 0.717) is 16.7 Å². The molecule has 1 saturated carbocycles. The van der Waals surface area contributed by atoms with Gasteiger partial charge in [0.1, 0.15) is 29.1 Å². The third kappa shape index (κ3) is 3.80. The van der Waals surface area contributed by atoms with Crippen molar-refractivity contribution >= 4 is 29.1 Å². The minimum absolute atomic E-state index is 0.0247. The van der Waals surface area contributed by atoms with E-state index >= 15 is 0 Å². The summed E-state index contributed by atoms with van der Waals surface area (Å²) in [7, 11) is 3.07. The van der Waals surface area contributed by atoms with Crippen molar-refractivity contribution in [3.05, 3.63) is 57.6 Å². The van der Waals surface area contributed by atoms with E-state index in [0.717, 1.165) is 0 Å². The van der Waals surface area contributed by atoms with Crippen molar-refractivity contribution in [2.45, 2.75) is 31.0 Å². The van der Waals surface area contributed by atoms with E-state index in [1.807, 2.05) is 0 Å². The Kier molecular flexibility index (Phi) is 6.24. The van der Waals surface area contributed by atoms with Gasteiger partial charge in [0, 0.05) is 18.0 Å². The minimum Gasteiger partial charge on any atom is -0.508 e. The van der Waals surface area contributed by atoms with Crippen molar-refractivity contribution < 1.29 is 44.4 Å². The van der Waals surface area contributed by atoms with Crippen molar-refractivity contribution in [3.8, 4) is 5.75 Å². The molecular formula is C26H28N4O9. The van der Waals surface area contributed by atoms with Gasteiger partial charge >= 0.3 is 0 Å². The number of carbonyl (C=O) groups excluding carboxylic acids is 4. The van der Waals surface area contributed by atoms with Gasteiger partial charge in [0.2, 0.25) is 5.78 Å². The summed E-state index contributed by atoms with van der Waals surface area (Å²) in [5.41, 5.74) is 5.47. The lowest BCUT2D eigenvalue weighted by atomic mass is 9.57. The van der Waals surface area contributed by atoms with Gasteiger partial charge in [-0.3, -0.25) is 24.1 Å². The average molecular weight is 541 g/mol. The van der Waals surface area contributed by atoms with E-state index in [2.05, 4.69) is 10.8 Å². The number of nitrogens with one attached hydrogen (secondary N) is 2. The lowest BCUT2D eigenvalue weighted by Crippen LogP contribution is -2.65. The molecule has 1 aromatic carbocycles. The predicted octanol–water partition coefficient (Wildman–Crippen LogP) is -1.00. The van der Waals surface area contributed by atoms with Crippen LogP contribution in [0.15, 0.2) is 40.9 Å². The molecule has 8 N–H and O–H groups in total. The number of aliphatic hydroxyl groups excluding tert-OH is 2. The summed E-state index contributed by atoms with van der Waals surface area (Å²) in [5.74, 6) is -7.51. The van der Waals surface area contributed by atoms with Crippen LogP contribution >= 0.6 is 0 Å². The van der Waals surface area contributed by atoms with E-state index in [9.17, 15) is 39.6 Å². The maximum absolute atomic E-state index is 13.8. The van der Waals surface area contributed by atoms with Crippen LogP contribution in [0.1, 0.15) is 23.1 Å². The summed E-state index contributed by atoms with van der Waals surface area (Å²) >= 11 is 0. The number of hydrogen-bond donors (Lipinski definition) is 7. The zero-order valence-corrected chi connectivity index (χ0v) is 21.1. The Morgan fingerprint density at radius 2 is 1.95 bits per heavy atom. The molecule has 5 rings (SSSR count). The molecule has 3 aliphatic carbocycles. The summed E-state index contributed by atoms with van der Waals surface area (Å²) in [5, 5.41) is 47.2. The Hall–Kier alpha value is -4.20. The molecule has 39 heavy (non-hydrogen) atoms. The summed E-state index contributed by atoms with van der Waals surface area (Å²) in [6, 6.07) is 1.73. The van der Waals surface area contributed by atoms with Crippen LogP contribution in [0.25, 0.3) is 5.76 Å². The molecule has 13 nitrogen and oxygen atoms in total. The quantitative estimate of drug-likeness (QED) is 0.225. The number of benzene rings is 1.